The van der Waals surface area contributed by atoms with Crippen molar-refractivity contribution in [3.63, 3.8) is 0 Å². The van der Waals surface area contributed by atoms with Crippen molar-refractivity contribution in [1.82, 2.24) is 4.90 Å². The molecular formula is C15H32N2. The smallest absolute Gasteiger partial charge is 0.0244 e. The third-order valence-electron chi connectivity index (χ3n) is 4.54. The molecular weight excluding hydrogens is 208 g/mol. The summed E-state index contributed by atoms with van der Waals surface area (Å²) in [7, 11) is 2.30. The van der Waals surface area contributed by atoms with Crippen LogP contribution < -0.4 is 5.73 Å². The van der Waals surface area contributed by atoms with Gasteiger partial charge in [0, 0.05) is 18.1 Å². The molecule has 0 spiro atoms. The lowest BCUT2D eigenvalue weighted by molar-refractivity contribution is 0.0986. The van der Waals surface area contributed by atoms with Gasteiger partial charge in [-0.2, -0.15) is 0 Å². The maximum Gasteiger partial charge on any atom is 0.0244 e. The summed E-state index contributed by atoms with van der Waals surface area (Å²) in [6.07, 6.45) is 9.10. The van der Waals surface area contributed by atoms with E-state index in [0.717, 1.165) is 18.4 Å². The number of hydrogen-bond acceptors (Lipinski definition) is 2. The number of nitrogens with zero attached hydrogens (tertiary/aromatic N) is 1. The van der Waals surface area contributed by atoms with Crippen LogP contribution in [0.3, 0.4) is 0 Å². The van der Waals surface area contributed by atoms with E-state index in [1.54, 1.807) is 0 Å². The first-order valence-electron chi connectivity index (χ1n) is 7.57. The van der Waals surface area contributed by atoms with Crippen LogP contribution >= 0.6 is 0 Å². The summed E-state index contributed by atoms with van der Waals surface area (Å²) in [6.45, 7) is 6.91. The molecule has 4 atom stereocenters. The van der Waals surface area contributed by atoms with Gasteiger partial charge in [0.1, 0.15) is 0 Å². The van der Waals surface area contributed by atoms with Crippen LogP contribution in [0.5, 0.6) is 0 Å². The molecule has 0 radical (unpaired) electrons. The van der Waals surface area contributed by atoms with Gasteiger partial charge in [0.25, 0.3) is 0 Å². The van der Waals surface area contributed by atoms with Crippen molar-refractivity contribution < 1.29 is 0 Å². The normalized spacial score (nSPS) is 29.3. The lowest BCUT2D eigenvalue weighted by atomic mass is 9.85. The molecule has 1 aliphatic rings. The van der Waals surface area contributed by atoms with E-state index >= 15 is 0 Å². The van der Waals surface area contributed by atoms with E-state index in [-0.39, 0.29) is 0 Å². The molecule has 2 heteroatoms. The second kappa shape index (κ2) is 7.38. The number of hydrogen-bond donors (Lipinski definition) is 1. The predicted octanol–water partition coefficient (Wildman–Crippen LogP) is 3.40. The Hall–Kier alpha value is -0.0800. The summed E-state index contributed by atoms with van der Waals surface area (Å²) in [4.78, 5) is 2.59. The highest BCUT2D eigenvalue weighted by Crippen LogP contribution is 2.28. The average molecular weight is 240 g/mol. The molecule has 4 unspecified atom stereocenters. The fourth-order valence-corrected chi connectivity index (χ4v) is 3.46. The monoisotopic (exact) mass is 240 g/mol. The first kappa shape index (κ1) is 15.0. The predicted molar refractivity (Wildman–Crippen MR) is 76.1 cm³/mol. The second-order valence-corrected chi connectivity index (χ2v) is 6.02. The molecule has 0 heterocycles. The van der Waals surface area contributed by atoms with Gasteiger partial charge in [-0.25, -0.2) is 0 Å². The zero-order valence-electron chi connectivity index (χ0n) is 12.3. The third kappa shape index (κ3) is 4.26. The minimum Gasteiger partial charge on any atom is -0.326 e. The van der Waals surface area contributed by atoms with Gasteiger partial charge < -0.3 is 5.73 Å². The maximum atomic E-state index is 6.34. The average Bonchev–Trinajstić information content (AvgIpc) is 2.30. The second-order valence-electron chi connectivity index (χ2n) is 6.02. The molecule has 1 fully saturated rings. The Balaban J connectivity index is 2.54. The van der Waals surface area contributed by atoms with Gasteiger partial charge in [-0.05, 0) is 38.6 Å². The Bertz CT molecular complexity index is 205. The highest BCUT2D eigenvalue weighted by Gasteiger charge is 2.28. The van der Waals surface area contributed by atoms with Gasteiger partial charge in [0.15, 0.2) is 0 Å². The van der Waals surface area contributed by atoms with E-state index in [0.29, 0.717) is 12.1 Å². The lowest BCUT2D eigenvalue weighted by Gasteiger charge is -2.41. The van der Waals surface area contributed by atoms with Crippen LogP contribution in [0.2, 0.25) is 0 Å². The molecule has 0 aromatic carbocycles. The van der Waals surface area contributed by atoms with Crippen molar-refractivity contribution >= 4 is 0 Å². The summed E-state index contributed by atoms with van der Waals surface area (Å²) >= 11 is 0. The van der Waals surface area contributed by atoms with E-state index in [4.69, 9.17) is 5.73 Å². The minimum absolute atomic E-state index is 0.354. The van der Waals surface area contributed by atoms with Gasteiger partial charge in [-0.1, -0.05) is 40.0 Å². The summed E-state index contributed by atoms with van der Waals surface area (Å²) in [5, 5.41) is 0. The van der Waals surface area contributed by atoms with Gasteiger partial charge in [-0.15, -0.1) is 0 Å². The molecule has 2 N–H and O–H groups in total. The molecule has 0 amide bonds. The zero-order chi connectivity index (χ0) is 12.8. The maximum absolute atomic E-state index is 6.34. The van der Waals surface area contributed by atoms with Crippen molar-refractivity contribution in [2.45, 2.75) is 83.8 Å². The Morgan fingerprint density at radius 1 is 1.29 bits per heavy atom. The van der Waals surface area contributed by atoms with Crippen LogP contribution in [-0.2, 0) is 0 Å². The molecule has 17 heavy (non-hydrogen) atoms. The molecule has 0 aromatic heterocycles. The molecule has 0 bridgehead atoms. The zero-order valence-corrected chi connectivity index (χ0v) is 12.3. The molecule has 0 aliphatic heterocycles. The summed E-state index contributed by atoms with van der Waals surface area (Å²) < 4.78 is 0. The first-order chi connectivity index (χ1) is 8.10. The third-order valence-corrected chi connectivity index (χ3v) is 4.54. The highest BCUT2D eigenvalue weighted by atomic mass is 15.2. The van der Waals surface area contributed by atoms with Crippen molar-refractivity contribution in [3.8, 4) is 0 Å². The molecule has 1 aliphatic carbocycles. The van der Waals surface area contributed by atoms with Crippen LogP contribution in [0, 0.1) is 5.92 Å². The fraction of sp³-hybridized carbons (Fsp3) is 1.00. The van der Waals surface area contributed by atoms with Crippen molar-refractivity contribution in [2.75, 3.05) is 7.05 Å². The lowest BCUT2D eigenvalue weighted by Crippen LogP contribution is -2.50. The van der Waals surface area contributed by atoms with Gasteiger partial charge in [0.2, 0.25) is 0 Å². The van der Waals surface area contributed by atoms with E-state index in [1.807, 2.05) is 0 Å². The van der Waals surface area contributed by atoms with Gasteiger partial charge in [0.05, 0.1) is 0 Å². The Morgan fingerprint density at radius 3 is 2.53 bits per heavy atom. The topological polar surface area (TPSA) is 29.3 Å². The van der Waals surface area contributed by atoms with E-state index in [1.165, 1.54) is 38.5 Å². The summed E-state index contributed by atoms with van der Waals surface area (Å²) in [6, 6.07) is 1.70. The molecule has 0 saturated heterocycles. The van der Waals surface area contributed by atoms with Crippen LogP contribution in [-0.4, -0.2) is 30.1 Å². The van der Waals surface area contributed by atoms with Crippen molar-refractivity contribution in [2.24, 2.45) is 11.7 Å². The van der Waals surface area contributed by atoms with E-state index in [9.17, 15) is 0 Å². The molecule has 102 valence electrons. The largest absolute Gasteiger partial charge is 0.326 e. The number of nitrogens with two attached hydrogens (primary N) is 1. The molecule has 0 aromatic rings. The first-order valence-corrected chi connectivity index (χ1v) is 7.57. The van der Waals surface area contributed by atoms with Crippen LogP contribution in [0.25, 0.3) is 0 Å². The Kier molecular flexibility index (Phi) is 6.50. The minimum atomic E-state index is 0.354. The van der Waals surface area contributed by atoms with Crippen molar-refractivity contribution in [1.29, 1.82) is 0 Å². The van der Waals surface area contributed by atoms with Crippen molar-refractivity contribution in [3.05, 3.63) is 0 Å². The van der Waals surface area contributed by atoms with Gasteiger partial charge in [-0.3, -0.25) is 4.90 Å². The number of rotatable bonds is 6. The van der Waals surface area contributed by atoms with E-state index < -0.39 is 0 Å². The number of likely N-dealkylation sites (N-methyl/N-ethyl adjacent to an activating group) is 1. The Labute approximate surface area is 108 Å². The standard InChI is InChI=1S/C15H32N2/c1-5-8-14(16)15(6-2)17(4)13-10-7-9-12(3)11-13/h12-15H,5-11,16H2,1-4H3. The van der Waals surface area contributed by atoms with Crippen LogP contribution in [0.15, 0.2) is 0 Å². The molecule has 2 nitrogen and oxygen atoms in total. The SMILES string of the molecule is CCCC(N)C(CC)N(C)C1CCCC(C)C1. The van der Waals surface area contributed by atoms with Gasteiger partial charge >= 0.3 is 0 Å². The summed E-state index contributed by atoms with van der Waals surface area (Å²) in [5.74, 6) is 0.899. The summed E-state index contributed by atoms with van der Waals surface area (Å²) in [5.41, 5.74) is 6.34. The molecule has 1 rings (SSSR count). The fourth-order valence-electron chi connectivity index (χ4n) is 3.46. The van der Waals surface area contributed by atoms with E-state index in [2.05, 4.69) is 32.7 Å². The van der Waals surface area contributed by atoms with Crippen LogP contribution in [0.1, 0.15) is 65.7 Å². The Morgan fingerprint density at radius 2 is 2.00 bits per heavy atom. The molecule has 1 saturated carbocycles. The van der Waals surface area contributed by atoms with Crippen LogP contribution in [0.4, 0.5) is 0 Å². The highest BCUT2D eigenvalue weighted by molar-refractivity contribution is 4.86. The quantitative estimate of drug-likeness (QED) is 0.771.